The number of benzene rings is 2. The molecule has 6 rings (SSSR count). The average Bonchev–Trinajstić information content (AvgIpc) is 4.19. The summed E-state index contributed by atoms with van der Waals surface area (Å²) in [6.07, 6.45) is -0.670. The molecule has 2 aromatic carbocycles. The first-order valence-corrected chi connectivity index (χ1v) is 25.4. The van der Waals surface area contributed by atoms with Crippen molar-refractivity contribution in [2.24, 2.45) is 11.7 Å². The van der Waals surface area contributed by atoms with Crippen molar-refractivity contribution in [3.63, 3.8) is 0 Å². The number of aromatic hydroxyl groups is 1. The summed E-state index contributed by atoms with van der Waals surface area (Å²) in [6.45, 7) is 4.07. The van der Waals surface area contributed by atoms with E-state index in [0.29, 0.717) is 36.8 Å². The van der Waals surface area contributed by atoms with Crippen molar-refractivity contribution in [1.82, 2.24) is 46.6 Å². The first-order valence-electron chi connectivity index (χ1n) is 25.4. The summed E-state index contributed by atoms with van der Waals surface area (Å²) in [7, 11) is 0. The molecule has 23 nitrogen and oxygen atoms in total. The van der Waals surface area contributed by atoms with Gasteiger partial charge in [-0.1, -0.05) is 62.7 Å². The van der Waals surface area contributed by atoms with E-state index in [2.05, 4.69) is 31.9 Å². The summed E-state index contributed by atoms with van der Waals surface area (Å²) in [5, 5.41) is 47.4. The maximum absolute atomic E-state index is 14.6. The Morgan fingerprint density at radius 2 is 1.04 bits per heavy atom. The van der Waals surface area contributed by atoms with Gasteiger partial charge in [0.25, 0.3) is 0 Å². The predicted octanol–water partition coefficient (Wildman–Crippen LogP) is -2.24. The zero-order valence-corrected chi connectivity index (χ0v) is 42.0. The number of amides is 10. The molecule has 0 spiro atoms. The van der Waals surface area contributed by atoms with Crippen molar-refractivity contribution in [2.45, 2.75) is 152 Å². The van der Waals surface area contributed by atoms with Crippen molar-refractivity contribution >= 4 is 59.1 Å². The lowest BCUT2D eigenvalue weighted by atomic mass is 9.97. The van der Waals surface area contributed by atoms with E-state index >= 15 is 0 Å². The highest BCUT2D eigenvalue weighted by Gasteiger charge is 2.46. The molecule has 11 atom stereocenters. The van der Waals surface area contributed by atoms with Gasteiger partial charge in [0.2, 0.25) is 59.1 Å². The van der Waals surface area contributed by atoms with E-state index in [1.807, 2.05) is 0 Å². The third kappa shape index (κ3) is 13.9. The number of aliphatic hydroxyl groups excluding tert-OH is 2. The Kier molecular flexibility index (Phi) is 19.5. The zero-order chi connectivity index (χ0) is 53.8. The average molecular weight is 1030 g/mol. The van der Waals surface area contributed by atoms with Gasteiger partial charge in [0, 0.05) is 38.9 Å². The third-order valence-electron chi connectivity index (χ3n) is 14.4. The number of carbonyl (C=O) groups is 10. The second kappa shape index (κ2) is 25.7. The van der Waals surface area contributed by atoms with Crippen molar-refractivity contribution in [3.05, 3.63) is 65.7 Å². The highest BCUT2D eigenvalue weighted by Crippen LogP contribution is 2.27. The molecule has 0 radical (unpaired) electrons. The summed E-state index contributed by atoms with van der Waals surface area (Å²) in [4.78, 5) is 145. The van der Waals surface area contributed by atoms with Crippen LogP contribution in [0.15, 0.2) is 54.6 Å². The Labute approximate surface area is 429 Å². The molecule has 4 heterocycles. The molecule has 10 amide bonds. The van der Waals surface area contributed by atoms with E-state index in [9.17, 15) is 63.3 Å². The Bertz CT molecular complexity index is 2390. The molecule has 2 aromatic rings. The molecule has 4 fully saturated rings. The van der Waals surface area contributed by atoms with Gasteiger partial charge in [0.05, 0.1) is 12.7 Å². The first kappa shape index (κ1) is 56.2. The number of nitrogens with two attached hydrogens (primary N) is 1. The fraction of sp³-hybridized carbons (Fsp3) is 0.569. The number of rotatable bonds is 11. The van der Waals surface area contributed by atoms with Crippen molar-refractivity contribution in [3.8, 4) is 5.75 Å². The van der Waals surface area contributed by atoms with Gasteiger partial charge in [-0.15, -0.1) is 0 Å². The molecule has 4 saturated heterocycles. The molecule has 0 aliphatic carbocycles. The number of hydrogen-bond acceptors (Lipinski definition) is 13. The lowest BCUT2D eigenvalue weighted by Gasteiger charge is -2.34. The van der Waals surface area contributed by atoms with Gasteiger partial charge < -0.3 is 67.7 Å². The van der Waals surface area contributed by atoms with Crippen LogP contribution in [0, 0.1) is 5.92 Å². The zero-order valence-electron chi connectivity index (χ0n) is 42.0. The number of nitrogens with zero attached hydrogens (tertiary/aromatic N) is 3. The topological polar surface area (TPSA) is 339 Å². The molecule has 11 N–H and O–H groups in total. The van der Waals surface area contributed by atoms with Crippen LogP contribution in [0.5, 0.6) is 5.75 Å². The minimum atomic E-state index is -1.70. The number of hydrogen-bond donors (Lipinski definition) is 10. The van der Waals surface area contributed by atoms with Crippen LogP contribution in [0.25, 0.3) is 0 Å². The summed E-state index contributed by atoms with van der Waals surface area (Å²) >= 11 is 0. The van der Waals surface area contributed by atoms with Crippen molar-refractivity contribution in [1.29, 1.82) is 0 Å². The standard InChI is InChI=1S/C51H70N10O13/c1-4-28(2)41-48(71)56-36(27-62)49(72)61-24-10-15-39(61)50(73)59-22-8-13-37(59)46(69)55-35(26-31-16-18-32(64)19-17-31)45(68)54-34(25-30-11-6-5-7-12-30)44(67)53-33(20-21-40(52)65)43(66)58-42(29(3)63)51(74)60-23-9-14-38(60)47(70)57-41/h5-7,11-12,16-19,28-29,33-39,41-42,62-64H,4,8-10,13-15,20-27H2,1-3H3,(H2,52,65)(H,53,67)(H,54,68)(H,55,69)(H,56,71)(H,57,70)(H,58,66)/t28-,29+,33-,34-,35-,36-,37-,38-,39-,41-,42-/m0/s1. The molecule has 23 heteroatoms. The Morgan fingerprint density at radius 1 is 0.581 bits per heavy atom. The van der Waals surface area contributed by atoms with Crippen LogP contribution < -0.4 is 37.6 Å². The van der Waals surface area contributed by atoms with Gasteiger partial charge in [-0.3, -0.25) is 47.9 Å². The monoisotopic (exact) mass is 1030 g/mol. The maximum atomic E-state index is 14.6. The maximum Gasteiger partial charge on any atom is 0.248 e. The van der Waals surface area contributed by atoms with Crippen LogP contribution in [-0.4, -0.2) is 176 Å². The molecule has 0 unspecified atom stereocenters. The molecule has 0 aromatic heterocycles. The normalized spacial score (nSPS) is 28.1. The number of aliphatic hydroxyl groups is 2. The molecular formula is C51H70N10O13. The van der Waals surface area contributed by atoms with Gasteiger partial charge in [0.1, 0.15) is 60.1 Å². The quantitative estimate of drug-likeness (QED) is 0.114. The van der Waals surface area contributed by atoms with E-state index in [-0.39, 0.29) is 63.9 Å². The van der Waals surface area contributed by atoms with E-state index in [1.165, 1.54) is 41.0 Å². The SMILES string of the molecule is CC[C@H](C)[C@@H]1NC(=O)[C@@H]2CCCN2C(=O)[C@H]([C@@H](C)O)NC(=O)[C@H](CCC(N)=O)NC(=O)[C@H](Cc2ccccc2)NC(=O)[C@H](Cc2ccc(O)cc2)NC(=O)[C@@H]2CCCN2C(=O)[C@@H]2CCCN2C(=O)[C@H](CO)NC1=O. The highest BCUT2D eigenvalue weighted by molar-refractivity contribution is 6.00. The molecule has 4 aliphatic heterocycles. The van der Waals surface area contributed by atoms with Crippen LogP contribution in [0.4, 0.5) is 0 Å². The minimum absolute atomic E-state index is 0.0160. The summed E-state index contributed by atoms with van der Waals surface area (Å²) in [5.74, 6) is -8.68. The first-order chi connectivity index (χ1) is 35.3. The van der Waals surface area contributed by atoms with Crippen LogP contribution in [0.2, 0.25) is 0 Å². The third-order valence-corrected chi connectivity index (χ3v) is 14.4. The number of phenols is 1. The molecule has 4 aliphatic rings. The van der Waals surface area contributed by atoms with Gasteiger partial charge in [0.15, 0.2) is 0 Å². The van der Waals surface area contributed by atoms with Crippen LogP contribution >= 0.6 is 0 Å². The van der Waals surface area contributed by atoms with E-state index in [4.69, 9.17) is 5.73 Å². The number of primary amides is 1. The van der Waals surface area contributed by atoms with Crippen LogP contribution in [0.3, 0.4) is 0 Å². The Hall–Kier alpha value is -7.14. The summed E-state index contributed by atoms with van der Waals surface area (Å²) in [6, 6.07) is 2.08. The second-order valence-corrected chi connectivity index (χ2v) is 19.7. The molecule has 402 valence electrons. The number of phenolic OH excluding ortho intramolecular Hbond substituents is 1. The van der Waals surface area contributed by atoms with Gasteiger partial charge in [-0.05, 0) is 81.0 Å². The van der Waals surface area contributed by atoms with Gasteiger partial charge in [-0.25, -0.2) is 0 Å². The largest absolute Gasteiger partial charge is 0.508 e. The molecule has 74 heavy (non-hydrogen) atoms. The fourth-order valence-electron chi connectivity index (χ4n) is 10.0. The number of carbonyl (C=O) groups excluding carboxylic acids is 10. The van der Waals surface area contributed by atoms with Crippen LogP contribution in [0.1, 0.15) is 89.7 Å². The van der Waals surface area contributed by atoms with E-state index in [0.717, 1.165) is 4.90 Å². The predicted molar refractivity (Wildman–Crippen MR) is 264 cm³/mol. The highest BCUT2D eigenvalue weighted by atomic mass is 16.3. The van der Waals surface area contributed by atoms with Gasteiger partial charge in [-0.2, -0.15) is 0 Å². The molecule has 0 saturated carbocycles. The van der Waals surface area contributed by atoms with Crippen LogP contribution in [-0.2, 0) is 60.8 Å². The lowest BCUT2D eigenvalue weighted by Crippen LogP contribution is -2.62. The lowest BCUT2D eigenvalue weighted by molar-refractivity contribution is -0.148. The summed E-state index contributed by atoms with van der Waals surface area (Å²) in [5.41, 5.74) is 6.56. The minimum Gasteiger partial charge on any atom is -0.508 e. The van der Waals surface area contributed by atoms with E-state index in [1.54, 1.807) is 44.2 Å². The van der Waals surface area contributed by atoms with Crippen molar-refractivity contribution in [2.75, 3.05) is 26.2 Å². The smallest absolute Gasteiger partial charge is 0.248 e. The van der Waals surface area contributed by atoms with E-state index < -0.39 is 138 Å². The second-order valence-electron chi connectivity index (χ2n) is 19.7. The Balaban J connectivity index is 1.40. The molecular weight excluding hydrogens is 961 g/mol. The fourth-order valence-corrected chi connectivity index (χ4v) is 10.0. The van der Waals surface area contributed by atoms with Crippen molar-refractivity contribution < 1.29 is 63.3 Å². The number of nitrogens with one attached hydrogen (secondary N) is 6. The Morgan fingerprint density at radius 3 is 1.58 bits per heavy atom. The number of fused-ring (bicyclic) bond motifs is 3. The van der Waals surface area contributed by atoms with Gasteiger partial charge >= 0.3 is 0 Å². The molecule has 0 bridgehead atoms. The summed E-state index contributed by atoms with van der Waals surface area (Å²) < 4.78 is 0.